The summed E-state index contributed by atoms with van der Waals surface area (Å²) in [6.45, 7) is 8.70. The number of hydrogen-bond acceptors (Lipinski definition) is 4. The zero-order chi connectivity index (χ0) is 11.8. The lowest BCUT2D eigenvalue weighted by atomic mass is 10.0. The van der Waals surface area contributed by atoms with Gasteiger partial charge in [0.15, 0.2) is 5.78 Å². The van der Waals surface area contributed by atoms with Crippen molar-refractivity contribution in [1.29, 1.82) is 0 Å². The van der Waals surface area contributed by atoms with Gasteiger partial charge < -0.3 is 11.1 Å². The van der Waals surface area contributed by atoms with Crippen LogP contribution in [0.4, 0.5) is 0 Å². The van der Waals surface area contributed by atoms with Gasteiger partial charge in [-0.15, -0.1) is 0 Å². The van der Waals surface area contributed by atoms with Crippen molar-refractivity contribution in [2.45, 2.75) is 39.8 Å². The summed E-state index contributed by atoms with van der Waals surface area (Å²) in [5.74, 6) is 2.14. The molecule has 0 aliphatic carbocycles. The summed E-state index contributed by atoms with van der Waals surface area (Å²) >= 11 is 1.74. The Bertz CT molecular complexity index is 183. The molecule has 0 heterocycles. The molecule has 0 aliphatic rings. The zero-order valence-electron chi connectivity index (χ0n) is 10.2. The summed E-state index contributed by atoms with van der Waals surface area (Å²) in [7, 11) is 0. The number of ketones is 1. The Morgan fingerprint density at radius 1 is 1.33 bits per heavy atom. The van der Waals surface area contributed by atoms with Crippen molar-refractivity contribution in [2.24, 2.45) is 11.7 Å². The molecule has 15 heavy (non-hydrogen) atoms. The van der Waals surface area contributed by atoms with E-state index in [9.17, 15) is 4.79 Å². The molecule has 0 aliphatic heterocycles. The molecule has 4 heteroatoms. The number of carbonyl (C=O) groups excluding carboxylic acids is 1. The fraction of sp³-hybridized carbons (Fsp3) is 0.909. The average Bonchev–Trinajstić information content (AvgIpc) is 2.14. The summed E-state index contributed by atoms with van der Waals surface area (Å²) in [5.41, 5.74) is 5.43. The van der Waals surface area contributed by atoms with Crippen LogP contribution in [0, 0.1) is 5.92 Å². The van der Waals surface area contributed by atoms with E-state index in [4.69, 9.17) is 5.73 Å². The fourth-order valence-corrected chi connectivity index (χ4v) is 2.13. The van der Waals surface area contributed by atoms with Crippen LogP contribution >= 0.6 is 11.8 Å². The molecule has 0 spiro atoms. The Morgan fingerprint density at radius 2 is 1.93 bits per heavy atom. The Morgan fingerprint density at radius 3 is 2.33 bits per heavy atom. The van der Waals surface area contributed by atoms with Crippen molar-refractivity contribution in [3.63, 3.8) is 0 Å². The lowest BCUT2D eigenvalue weighted by Crippen LogP contribution is -2.44. The molecule has 0 fully saturated rings. The van der Waals surface area contributed by atoms with E-state index in [0.717, 1.165) is 11.5 Å². The molecule has 3 nitrogen and oxygen atoms in total. The highest BCUT2D eigenvalue weighted by Crippen LogP contribution is 2.08. The maximum Gasteiger partial charge on any atom is 0.153 e. The molecule has 0 radical (unpaired) electrons. The van der Waals surface area contributed by atoms with Crippen LogP contribution in [0.3, 0.4) is 0 Å². The van der Waals surface area contributed by atoms with Crippen LogP contribution in [-0.4, -0.2) is 35.9 Å². The van der Waals surface area contributed by atoms with Gasteiger partial charge in [-0.3, -0.25) is 4.79 Å². The van der Waals surface area contributed by atoms with Gasteiger partial charge in [0.25, 0.3) is 0 Å². The highest BCUT2D eigenvalue weighted by molar-refractivity contribution is 7.99. The molecule has 0 rings (SSSR count). The second-order valence-corrected chi connectivity index (χ2v) is 5.44. The van der Waals surface area contributed by atoms with Gasteiger partial charge in [-0.25, -0.2) is 0 Å². The smallest absolute Gasteiger partial charge is 0.153 e. The number of rotatable bonds is 8. The van der Waals surface area contributed by atoms with Gasteiger partial charge in [0.05, 0.1) is 6.04 Å². The second kappa shape index (κ2) is 8.13. The monoisotopic (exact) mass is 232 g/mol. The van der Waals surface area contributed by atoms with Gasteiger partial charge in [-0.2, -0.15) is 11.8 Å². The molecule has 0 aromatic rings. The number of nitrogens with two attached hydrogens (primary N) is 1. The van der Waals surface area contributed by atoms with E-state index in [2.05, 4.69) is 19.2 Å². The Kier molecular flexibility index (Phi) is 8.10. The van der Waals surface area contributed by atoms with E-state index in [-0.39, 0.29) is 12.0 Å². The third-order valence-electron chi connectivity index (χ3n) is 1.99. The van der Waals surface area contributed by atoms with E-state index in [1.54, 1.807) is 11.8 Å². The van der Waals surface area contributed by atoms with Gasteiger partial charge >= 0.3 is 0 Å². The summed E-state index contributed by atoms with van der Waals surface area (Å²) in [4.78, 5) is 11.9. The minimum Gasteiger partial charge on any atom is -0.330 e. The topological polar surface area (TPSA) is 55.1 Å². The number of nitrogens with one attached hydrogen (secondary N) is 1. The molecule has 0 bridgehead atoms. The first-order valence-electron chi connectivity index (χ1n) is 5.56. The van der Waals surface area contributed by atoms with Crippen LogP contribution in [0.2, 0.25) is 0 Å². The van der Waals surface area contributed by atoms with Crippen LogP contribution in [0.1, 0.15) is 27.7 Å². The largest absolute Gasteiger partial charge is 0.330 e. The normalized spacial score (nSPS) is 13.5. The average molecular weight is 232 g/mol. The van der Waals surface area contributed by atoms with E-state index in [1.165, 1.54) is 0 Å². The van der Waals surface area contributed by atoms with Crippen molar-refractivity contribution in [2.75, 3.05) is 18.1 Å². The standard InChI is InChI=1S/C11H24N2OS/c1-8(2)11(14)10(13-9(3)4)7-15-6-5-12/h8-10,13H,5-7,12H2,1-4H3/t10-/m0/s1. The first-order valence-corrected chi connectivity index (χ1v) is 6.72. The molecule has 0 amide bonds. The molecule has 0 saturated carbocycles. The molecule has 90 valence electrons. The Balaban J connectivity index is 4.11. The van der Waals surface area contributed by atoms with Crippen molar-refractivity contribution in [3.8, 4) is 0 Å². The van der Waals surface area contributed by atoms with Gasteiger partial charge in [-0.05, 0) is 0 Å². The first-order chi connectivity index (χ1) is 6.99. The molecule has 0 aromatic carbocycles. The van der Waals surface area contributed by atoms with Gasteiger partial charge in [0, 0.05) is 30.0 Å². The third kappa shape index (κ3) is 6.93. The van der Waals surface area contributed by atoms with Crippen LogP contribution in [0.15, 0.2) is 0 Å². The van der Waals surface area contributed by atoms with Crippen molar-refractivity contribution in [1.82, 2.24) is 5.32 Å². The number of hydrogen-bond donors (Lipinski definition) is 2. The van der Waals surface area contributed by atoms with Gasteiger partial charge in [0.2, 0.25) is 0 Å². The molecule has 0 aromatic heterocycles. The maximum absolute atomic E-state index is 11.9. The number of Topliss-reactive ketones (excluding diaryl/α,β-unsaturated/α-hetero) is 1. The van der Waals surface area contributed by atoms with Gasteiger partial charge in [-0.1, -0.05) is 27.7 Å². The highest BCUT2D eigenvalue weighted by atomic mass is 32.2. The van der Waals surface area contributed by atoms with E-state index >= 15 is 0 Å². The Hall–Kier alpha value is -0.0600. The summed E-state index contributed by atoms with van der Waals surface area (Å²) in [5, 5.41) is 3.31. The van der Waals surface area contributed by atoms with E-state index in [1.807, 2.05) is 13.8 Å². The summed E-state index contributed by atoms with van der Waals surface area (Å²) < 4.78 is 0. The van der Waals surface area contributed by atoms with Crippen molar-refractivity contribution in [3.05, 3.63) is 0 Å². The van der Waals surface area contributed by atoms with Crippen LogP contribution in [0.5, 0.6) is 0 Å². The molecule has 0 saturated heterocycles. The minimum absolute atomic E-state index is 0.0263. The van der Waals surface area contributed by atoms with E-state index in [0.29, 0.717) is 18.4 Å². The highest BCUT2D eigenvalue weighted by Gasteiger charge is 2.21. The number of thioether (sulfide) groups is 1. The maximum atomic E-state index is 11.9. The SMILES string of the molecule is CC(C)N[C@@H](CSCCN)C(=O)C(C)C. The molecular weight excluding hydrogens is 208 g/mol. The minimum atomic E-state index is -0.0263. The molecule has 3 N–H and O–H groups in total. The second-order valence-electron chi connectivity index (χ2n) is 4.29. The van der Waals surface area contributed by atoms with Crippen LogP contribution < -0.4 is 11.1 Å². The quantitative estimate of drug-likeness (QED) is 0.619. The third-order valence-corrected chi connectivity index (χ3v) is 3.09. The summed E-state index contributed by atoms with van der Waals surface area (Å²) in [6, 6.07) is 0.317. The van der Waals surface area contributed by atoms with Crippen LogP contribution in [0.25, 0.3) is 0 Å². The fourth-order valence-electron chi connectivity index (χ4n) is 1.30. The summed E-state index contributed by atoms with van der Waals surface area (Å²) in [6.07, 6.45) is 0. The molecular formula is C11H24N2OS. The van der Waals surface area contributed by atoms with Crippen molar-refractivity contribution < 1.29 is 4.79 Å². The predicted octanol–water partition coefficient (Wildman–Crippen LogP) is 1.27. The zero-order valence-corrected chi connectivity index (χ0v) is 11.1. The number of carbonyl (C=O) groups is 1. The predicted molar refractivity (Wildman–Crippen MR) is 68.3 cm³/mol. The van der Waals surface area contributed by atoms with Crippen molar-refractivity contribution >= 4 is 17.5 Å². The lowest BCUT2D eigenvalue weighted by Gasteiger charge is -2.21. The molecule has 1 atom stereocenters. The first kappa shape index (κ1) is 14.9. The molecule has 0 unspecified atom stereocenters. The Labute approximate surface area is 97.6 Å². The van der Waals surface area contributed by atoms with Crippen LogP contribution in [-0.2, 0) is 4.79 Å². The lowest BCUT2D eigenvalue weighted by molar-refractivity contribution is -0.123. The van der Waals surface area contributed by atoms with E-state index < -0.39 is 0 Å². The van der Waals surface area contributed by atoms with Gasteiger partial charge in [0.1, 0.15) is 0 Å².